The van der Waals surface area contributed by atoms with Crippen LogP contribution in [0.4, 0.5) is 0 Å². The maximum Gasteiger partial charge on any atom is 0.334 e. The van der Waals surface area contributed by atoms with Crippen LogP contribution in [0.25, 0.3) is 0 Å². The molecule has 0 saturated carbocycles. The van der Waals surface area contributed by atoms with Gasteiger partial charge < -0.3 is 9.05 Å². The SMILES string of the molecule is C=CCCOP(=O)(CC=C)OCCC=C. The smallest absolute Gasteiger partial charge is 0.308 e. The molecule has 4 heteroatoms. The van der Waals surface area contributed by atoms with Crippen LogP contribution in [0.5, 0.6) is 0 Å². The molecular formula is C11H19O3P. The van der Waals surface area contributed by atoms with E-state index in [0.29, 0.717) is 26.1 Å². The van der Waals surface area contributed by atoms with Crippen molar-refractivity contribution in [2.45, 2.75) is 12.8 Å². The highest BCUT2D eigenvalue weighted by Gasteiger charge is 2.21. The first-order chi connectivity index (χ1) is 7.18. The fraction of sp³-hybridized carbons (Fsp3) is 0.455. The van der Waals surface area contributed by atoms with Gasteiger partial charge in [0.05, 0.1) is 19.4 Å². The summed E-state index contributed by atoms with van der Waals surface area (Å²) in [7, 11) is -2.99. The molecule has 0 aromatic rings. The van der Waals surface area contributed by atoms with E-state index < -0.39 is 7.60 Å². The zero-order valence-corrected chi connectivity index (χ0v) is 9.96. The Morgan fingerprint density at radius 1 is 0.933 bits per heavy atom. The second-order valence-electron chi connectivity index (χ2n) is 2.90. The van der Waals surface area contributed by atoms with Crippen molar-refractivity contribution in [2.75, 3.05) is 19.4 Å². The van der Waals surface area contributed by atoms with Crippen molar-refractivity contribution in [1.29, 1.82) is 0 Å². The minimum absolute atomic E-state index is 0.237. The molecular weight excluding hydrogens is 211 g/mol. The maximum absolute atomic E-state index is 12.0. The molecule has 0 aliphatic heterocycles. The molecule has 0 fully saturated rings. The molecule has 0 aliphatic carbocycles. The molecule has 86 valence electrons. The average Bonchev–Trinajstić information content (AvgIpc) is 2.19. The van der Waals surface area contributed by atoms with Gasteiger partial charge in [-0.3, -0.25) is 4.57 Å². The van der Waals surface area contributed by atoms with E-state index in [9.17, 15) is 4.57 Å². The third kappa shape index (κ3) is 7.32. The summed E-state index contributed by atoms with van der Waals surface area (Å²) in [6.45, 7) is 11.4. The van der Waals surface area contributed by atoms with Gasteiger partial charge in [0.1, 0.15) is 0 Å². The van der Waals surface area contributed by atoms with Gasteiger partial charge >= 0.3 is 7.60 Å². The van der Waals surface area contributed by atoms with Gasteiger partial charge in [0.2, 0.25) is 0 Å². The highest BCUT2D eigenvalue weighted by molar-refractivity contribution is 7.54. The Kier molecular flexibility index (Phi) is 8.30. The molecule has 0 saturated heterocycles. The van der Waals surface area contributed by atoms with Crippen molar-refractivity contribution < 1.29 is 13.6 Å². The van der Waals surface area contributed by atoms with Gasteiger partial charge in [-0.05, 0) is 12.8 Å². The molecule has 0 rings (SSSR count). The first-order valence-corrected chi connectivity index (χ1v) is 6.62. The Balaban J connectivity index is 4.05. The lowest BCUT2D eigenvalue weighted by Gasteiger charge is -2.16. The van der Waals surface area contributed by atoms with Gasteiger partial charge in [-0.1, -0.05) is 18.2 Å². The first kappa shape index (κ1) is 14.4. The zero-order chi connectivity index (χ0) is 11.6. The van der Waals surface area contributed by atoms with Crippen LogP contribution < -0.4 is 0 Å². The third-order valence-electron chi connectivity index (χ3n) is 1.57. The van der Waals surface area contributed by atoms with Gasteiger partial charge in [-0.2, -0.15) is 0 Å². The summed E-state index contributed by atoms with van der Waals surface area (Å²) >= 11 is 0. The van der Waals surface area contributed by atoms with Crippen molar-refractivity contribution in [2.24, 2.45) is 0 Å². The Morgan fingerprint density at radius 2 is 1.40 bits per heavy atom. The molecule has 0 amide bonds. The summed E-state index contributed by atoms with van der Waals surface area (Å²) in [5.74, 6) is 0. The molecule has 0 radical (unpaired) electrons. The molecule has 3 nitrogen and oxygen atoms in total. The average molecular weight is 230 g/mol. The monoisotopic (exact) mass is 230 g/mol. The molecule has 0 bridgehead atoms. The van der Waals surface area contributed by atoms with Gasteiger partial charge in [-0.15, -0.1) is 19.7 Å². The van der Waals surface area contributed by atoms with E-state index in [1.54, 1.807) is 18.2 Å². The van der Waals surface area contributed by atoms with Crippen LogP contribution in [-0.2, 0) is 13.6 Å². The van der Waals surface area contributed by atoms with Crippen LogP contribution in [0.2, 0.25) is 0 Å². The van der Waals surface area contributed by atoms with Crippen LogP contribution in [0.15, 0.2) is 38.0 Å². The second-order valence-corrected chi connectivity index (χ2v) is 5.01. The van der Waals surface area contributed by atoms with Crippen molar-refractivity contribution >= 4 is 7.60 Å². The Morgan fingerprint density at radius 3 is 1.73 bits per heavy atom. The van der Waals surface area contributed by atoms with Crippen LogP contribution >= 0.6 is 7.60 Å². The van der Waals surface area contributed by atoms with Gasteiger partial charge in [0.25, 0.3) is 0 Å². The fourth-order valence-corrected chi connectivity index (χ4v) is 2.22. The lowest BCUT2D eigenvalue weighted by Crippen LogP contribution is -2.00. The molecule has 0 aromatic heterocycles. The molecule has 0 spiro atoms. The maximum atomic E-state index is 12.0. The Hall–Kier alpha value is -0.630. The molecule has 0 aliphatic rings. The van der Waals surface area contributed by atoms with Gasteiger partial charge in [0, 0.05) is 0 Å². The van der Waals surface area contributed by atoms with Crippen molar-refractivity contribution in [3.8, 4) is 0 Å². The van der Waals surface area contributed by atoms with E-state index in [1.165, 1.54) is 0 Å². The number of rotatable bonds is 10. The zero-order valence-electron chi connectivity index (χ0n) is 9.06. The molecule has 0 atom stereocenters. The molecule has 0 aromatic carbocycles. The van der Waals surface area contributed by atoms with E-state index in [2.05, 4.69) is 19.7 Å². The summed E-state index contributed by atoms with van der Waals surface area (Å²) in [6.07, 6.45) is 6.52. The highest BCUT2D eigenvalue weighted by atomic mass is 31.2. The molecule has 0 unspecified atom stereocenters. The number of allylic oxidation sites excluding steroid dienone is 1. The van der Waals surface area contributed by atoms with E-state index in [-0.39, 0.29) is 6.16 Å². The minimum atomic E-state index is -2.99. The summed E-state index contributed by atoms with van der Waals surface area (Å²) in [5, 5.41) is 0. The second kappa shape index (κ2) is 8.66. The van der Waals surface area contributed by atoms with Crippen LogP contribution in [-0.4, -0.2) is 19.4 Å². The van der Waals surface area contributed by atoms with Crippen LogP contribution in [0.3, 0.4) is 0 Å². The predicted octanol–water partition coefficient (Wildman–Crippen LogP) is 3.55. The van der Waals surface area contributed by atoms with Gasteiger partial charge in [-0.25, -0.2) is 0 Å². The number of hydrogen-bond acceptors (Lipinski definition) is 3. The summed E-state index contributed by atoms with van der Waals surface area (Å²) in [6, 6.07) is 0. The van der Waals surface area contributed by atoms with Crippen molar-refractivity contribution in [3.63, 3.8) is 0 Å². The molecule has 0 N–H and O–H groups in total. The highest BCUT2D eigenvalue weighted by Crippen LogP contribution is 2.48. The standard InChI is InChI=1S/C11H19O3P/c1-4-7-9-13-15(12,11-6-3)14-10-8-5-2/h4-6H,1-3,7-11H2. The van der Waals surface area contributed by atoms with Crippen LogP contribution in [0.1, 0.15) is 12.8 Å². The fourth-order valence-electron chi connectivity index (χ4n) is 0.851. The van der Waals surface area contributed by atoms with Crippen LogP contribution in [0, 0.1) is 0 Å². The van der Waals surface area contributed by atoms with E-state index in [4.69, 9.17) is 9.05 Å². The lowest BCUT2D eigenvalue weighted by atomic mass is 10.5. The van der Waals surface area contributed by atoms with Gasteiger partial charge in [0.15, 0.2) is 0 Å². The molecule has 0 heterocycles. The van der Waals surface area contributed by atoms with E-state index >= 15 is 0 Å². The summed E-state index contributed by atoms with van der Waals surface area (Å²) < 4.78 is 22.4. The summed E-state index contributed by atoms with van der Waals surface area (Å²) in [5.41, 5.74) is 0. The quantitative estimate of drug-likeness (QED) is 0.327. The normalized spacial score (nSPS) is 10.9. The Labute approximate surface area is 92.0 Å². The van der Waals surface area contributed by atoms with E-state index in [0.717, 1.165) is 0 Å². The van der Waals surface area contributed by atoms with Crippen molar-refractivity contribution in [1.82, 2.24) is 0 Å². The largest absolute Gasteiger partial charge is 0.334 e. The predicted molar refractivity (Wildman–Crippen MR) is 64.2 cm³/mol. The molecule has 15 heavy (non-hydrogen) atoms. The van der Waals surface area contributed by atoms with E-state index in [1.807, 2.05) is 0 Å². The topological polar surface area (TPSA) is 35.5 Å². The van der Waals surface area contributed by atoms with Crippen molar-refractivity contribution in [3.05, 3.63) is 38.0 Å². The Bertz CT molecular complexity index is 230. The third-order valence-corrected chi connectivity index (χ3v) is 3.43. The number of hydrogen-bond donors (Lipinski definition) is 0. The minimum Gasteiger partial charge on any atom is -0.308 e. The first-order valence-electron chi connectivity index (χ1n) is 4.89. The summed E-state index contributed by atoms with van der Waals surface area (Å²) in [4.78, 5) is 0. The lowest BCUT2D eigenvalue weighted by molar-refractivity contribution is 0.212.